The summed E-state index contributed by atoms with van der Waals surface area (Å²) in [7, 11) is -1.55. The number of hydrogen-bond acceptors (Lipinski definition) is 7. The van der Waals surface area contributed by atoms with E-state index in [1.54, 1.807) is 19.1 Å². The molecule has 1 aromatic rings. The Morgan fingerprint density at radius 2 is 1.91 bits per heavy atom. The van der Waals surface area contributed by atoms with Crippen LogP contribution in [0.15, 0.2) is 23.2 Å². The van der Waals surface area contributed by atoms with Crippen molar-refractivity contribution >= 4 is 26.5 Å². The highest BCUT2D eigenvalue weighted by molar-refractivity contribution is 7.45. The van der Waals surface area contributed by atoms with Crippen molar-refractivity contribution in [3.63, 3.8) is 0 Å². The standard InChI is InChI=1S/C22H37N4O5P/c1-8-10-22(27)24-14-19-11-12-21(26(28)29)20(13-19)18(7)31-32(30-15-23-9-2)25(16(3)4)17(5)6/h11-13,15-18H,8-10,14H2,1-7H3,(H,24,27)/b23-15+. The van der Waals surface area contributed by atoms with Crippen molar-refractivity contribution in [3.8, 4) is 0 Å². The van der Waals surface area contributed by atoms with Crippen molar-refractivity contribution in [3.05, 3.63) is 39.4 Å². The van der Waals surface area contributed by atoms with Gasteiger partial charge in [0.25, 0.3) is 5.69 Å². The van der Waals surface area contributed by atoms with Gasteiger partial charge in [0.15, 0.2) is 6.40 Å². The Morgan fingerprint density at radius 1 is 1.25 bits per heavy atom. The summed E-state index contributed by atoms with van der Waals surface area (Å²) in [5.41, 5.74) is 1.18. The molecule has 1 rings (SSSR count). The van der Waals surface area contributed by atoms with Crippen LogP contribution < -0.4 is 5.32 Å². The summed E-state index contributed by atoms with van der Waals surface area (Å²) in [4.78, 5) is 27.2. The third-order valence-electron chi connectivity index (χ3n) is 4.58. The lowest BCUT2D eigenvalue weighted by molar-refractivity contribution is -0.386. The van der Waals surface area contributed by atoms with E-state index in [0.29, 0.717) is 25.1 Å². The van der Waals surface area contributed by atoms with Crippen molar-refractivity contribution < 1.29 is 18.8 Å². The maximum atomic E-state index is 11.8. The van der Waals surface area contributed by atoms with E-state index in [4.69, 9.17) is 9.05 Å². The van der Waals surface area contributed by atoms with Crippen LogP contribution in [0, 0.1) is 10.1 Å². The quantitative estimate of drug-likeness (QED) is 0.127. The second-order valence-corrected chi connectivity index (χ2v) is 9.30. The highest BCUT2D eigenvalue weighted by atomic mass is 31.2. The van der Waals surface area contributed by atoms with Gasteiger partial charge in [0, 0.05) is 37.7 Å². The lowest BCUT2D eigenvalue weighted by atomic mass is 10.0. The predicted octanol–water partition coefficient (Wildman–Crippen LogP) is 5.50. The Balaban J connectivity index is 3.19. The van der Waals surface area contributed by atoms with E-state index in [1.165, 1.54) is 12.5 Å². The minimum Gasteiger partial charge on any atom is -0.425 e. The Morgan fingerprint density at radius 3 is 2.44 bits per heavy atom. The first-order chi connectivity index (χ1) is 15.1. The SMILES string of the molecule is CCCC(=O)NCc1ccc([N+](=O)[O-])c(C(C)OP(O/C=N/CC)N(C(C)C)C(C)C)c1. The number of nitrogens with one attached hydrogen (secondary N) is 1. The van der Waals surface area contributed by atoms with Crippen molar-refractivity contribution in [1.82, 2.24) is 9.99 Å². The van der Waals surface area contributed by atoms with Crippen molar-refractivity contribution in [1.29, 1.82) is 0 Å². The molecule has 1 amide bonds. The van der Waals surface area contributed by atoms with Gasteiger partial charge in [0.05, 0.1) is 16.6 Å². The van der Waals surface area contributed by atoms with Gasteiger partial charge in [-0.15, -0.1) is 0 Å². The normalized spacial score (nSPS) is 13.7. The van der Waals surface area contributed by atoms with Crippen LogP contribution in [0.2, 0.25) is 0 Å². The summed E-state index contributed by atoms with van der Waals surface area (Å²) in [6.07, 6.45) is 1.99. The minimum atomic E-state index is -1.55. The molecule has 32 heavy (non-hydrogen) atoms. The number of hydrogen-bond donors (Lipinski definition) is 1. The molecule has 0 saturated heterocycles. The molecule has 0 spiro atoms. The van der Waals surface area contributed by atoms with Gasteiger partial charge in [-0.2, -0.15) is 0 Å². The number of nitrogens with zero attached hydrogens (tertiary/aromatic N) is 3. The fourth-order valence-corrected chi connectivity index (χ4v) is 4.72. The number of nitro benzene ring substituents is 1. The number of carbonyl (C=O) groups is 1. The van der Waals surface area contributed by atoms with Gasteiger partial charge < -0.3 is 14.4 Å². The number of carbonyl (C=O) groups excluding carboxylic acids is 1. The molecule has 180 valence electrons. The largest absolute Gasteiger partial charge is 0.425 e. The van der Waals surface area contributed by atoms with Gasteiger partial charge in [-0.1, -0.05) is 13.0 Å². The molecular formula is C22H37N4O5P. The lowest BCUT2D eigenvalue weighted by Crippen LogP contribution is -2.33. The smallest absolute Gasteiger partial charge is 0.322 e. The molecule has 0 aromatic heterocycles. The summed E-state index contributed by atoms with van der Waals surface area (Å²) >= 11 is 0. The van der Waals surface area contributed by atoms with E-state index in [-0.39, 0.29) is 23.7 Å². The molecule has 9 nitrogen and oxygen atoms in total. The van der Waals surface area contributed by atoms with Crippen LogP contribution in [-0.2, 0) is 20.4 Å². The lowest BCUT2D eigenvalue weighted by Gasteiger charge is -2.35. The molecule has 0 fully saturated rings. The molecule has 0 aliphatic heterocycles. The molecule has 0 saturated carbocycles. The van der Waals surface area contributed by atoms with Gasteiger partial charge in [0.1, 0.15) is 0 Å². The predicted molar refractivity (Wildman–Crippen MR) is 129 cm³/mol. The van der Waals surface area contributed by atoms with Gasteiger partial charge in [-0.05, 0) is 59.6 Å². The fraction of sp³-hybridized carbons (Fsp3) is 0.636. The first-order valence-corrected chi connectivity index (χ1v) is 12.2. The summed E-state index contributed by atoms with van der Waals surface area (Å²) in [6, 6.07) is 5.11. The van der Waals surface area contributed by atoms with E-state index in [0.717, 1.165) is 12.0 Å². The molecule has 1 N–H and O–H groups in total. The van der Waals surface area contributed by atoms with Crippen LogP contribution in [0.25, 0.3) is 0 Å². The summed E-state index contributed by atoms with van der Waals surface area (Å²) in [6.45, 7) is 14.7. The molecule has 2 atom stereocenters. The highest BCUT2D eigenvalue weighted by Crippen LogP contribution is 2.49. The molecule has 10 heteroatoms. The number of amides is 1. The molecular weight excluding hydrogens is 431 g/mol. The van der Waals surface area contributed by atoms with Crippen LogP contribution in [-0.4, -0.2) is 40.5 Å². The van der Waals surface area contributed by atoms with Gasteiger partial charge in [-0.25, -0.2) is 4.67 Å². The monoisotopic (exact) mass is 468 g/mol. The maximum Gasteiger partial charge on any atom is 0.322 e. The van der Waals surface area contributed by atoms with Crippen molar-refractivity contribution in [2.45, 2.75) is 86.0 Å². The zero-order chi connectivity index (χ0) is 24.3. The Hall–Kier alpha value is -2.09. The summed E-state index contributed by atoms with van der Waals surface area (Å²) < 4.78 is 14.2. The second kappa shape index (κ2) is 14.1. The van der Waals surface area contributed by atoms with E-state index < -0.39 is 19.6 Å². The second-order valence-electron chi connectivity index (χ2n) is 7.94. The zero-order valence-corrected chi connectivity index (χ0v) is 21.1. The van der Waals surface area contributed by atoms with Gasteiger partial charge in [0.2, 0.25) is 5.91 Å². The van der Waals surface area contributed by atoms with E-state index in [9.17, 15) is 14.9 Å². The molecule has 0 bridgehead atoms. The average molecular weight is 469 g/mol. The van der Waals surface area contributed by atoms with Crippen molar-refractivity contribution in [2.75, 3.05) is 6.54 Å². The maximum absolute atomic E-state index is 11.8. The van der Waals surface area contributed by atoms with Crippen LogP contribution in [0.5, 0.6) is 0 Å². The van der Waals surface area contributed by atoms with Crippen molar-refractivity contribution in [2.24, 2.45) is 4.99 Å². The molecule has 0 aliphatic rings. The summed E-state index contributed by atoms with van der Waals surface area (Å²) in [5, 5.41) is 14.5. The Labute approximate surface area is 192 Å². The van der Waals surface area contributed by atoms with Gasteiger partial charge >= 0.3 is 8.53 Å². The number of benzene rings is 1. The van der Waals surface area contributed by atoms with E-state index in [2.05, 4.69) is 15.0 Å². The first kappa shape index (κ1) is 27.9. The number of aliphatic imine (C=N–C) groups is 1. The topological polar surface area (TPSA) is 106 Å². The minimum absolute atomic E-state index is 0.0287. The molecule has 2 unspecified atom stereocenters. The average Bonchev–Trinajstić information content (AvgIpc) is 2.71. The summed E-state index contributed by atoms with van der Waals surface area (Å²) in [5.74, 6) is -0.0478. The molecule has 0 heterocycles. The number of rotatable bonds is 14. The van der Waals surface area contributed by atoms with Crippen LogP contribution in [0.1, 0.15) is 78.5 Å². The third-order valence-corrected chi connectivity index (χ3v) is 6.65. The van der Waals surface area contributed by atoms with Gasteiger partial charge in [-0.3, -0.25) is 19.9 Å². The van der Waals surface area contributed by atoms with Crippen LogP contribution >= 0.6 is 8.53 Å². The first-order valence-electron chi connectivity index (χ1n) is 11.1. The van der Waals surface area contributed by atoms with Crippen LogP contribution in [0.4, 0.5) is 5.69 Å². The zero-order valence-electron chi connectivity index (χ0n) is 20.2. The highest BCUT2D eigenvalue weighted by Gasteiger charge is 2.32. The Kier molecular flexibility index (Phi) is 12.3. The Bertz CT molecular complexity index is 765. The van der Waals surface area contributed by atoms with Crippen LogP contribution in [0.3, 0.4) is 0 Å². The number of nitro groups is 1. The fourth-order valence-electron chi connectivity index (χ4n) is 3.17. The molecule has 1 aromatic carbocycles. The molecule has 0 aliphatic carbocycles. The molecule has 0 radical (unpaired) electrons. The third kappa shape index (κ3) is 8.81. The van der Waals surface area contributed by atoms with E-state index >= 15 is 0 Å². The van der Waals surface area contributed by atoms with E-state index in [1.807, 2.05) is 41.5 Å².